The summed E-state index contributed by atoms with van der Waals surface area (Å²) in [7, 11) is 0. The Hall–Kier alpha value is -2.08. The number of halogens is 1. The molecule has 1 aromatic heterocycles. The molecule has 120 valence electrons. The van der Waals surface area contributed by atoms with Crippen molar-refractivity contribution in [3.05, 3.63) is 52.3 Å². The van der Waals surface area contributed by atoms with Crippen LogP contribution in [-0.2, 0) is 0 Å². The van der Waals surface area contributed by atoms with E-state index < -0.39 is 0 Å². The molecule has 1 aromatic carbocycles. The molecule has 0 bridgehead atoms. The van der Waals surface area contributed by atoms with Crippen LogP contribution in [0, 0.1) is 0 Å². The first-order valence-corrected chi connectivity index (χ1v) is 8.33. The third-order valence-electron chi connectivity index (χ3n) is 4.10. The van der Waals surface area contributed by atoms with Crippen molar-refractivity contribution < 1.29 is 9.59 Å². The second-order valence-electron chi connectivity index (χ2n) is 5.62. The molecule has 1 saturated heterocycles. The fraction of sp³-hybridized carbons (Fsp3) is 0.294. The van der Waals surface area contributed by atoms with E-state index in [1.54, 1.807) is 19.2 Å². The Labute approximate surface area is 143 Å². The Morgan fingerprint density at radius 3 is 2.22 bits per heavy atom. The maximum atomic E-state index is 12.4. The number of nitrogens with zero attached hydrogens (tertiary/aromatic N) is 2. The zero-order valence-corrected chi connectivity index (χ0v) is 14.5. The van der Waals surface area contributed by atoms with E-state index in [1.165, 1.54) is 0 Å². The van der Waals surface area contributed by atoms with E-state index in [-0.39, 0.29) is 11.7 Å². The summed E-state index contributed by atoms with van der Waals surface area (Å²) in [5.41, 5.74) is 2.49. The molecule has 6 heteroatoms. The van der Waals surface area contributed by atoms with Gasteiger partial charge in [0.25, 0.3) is 5.91 Å². The minimum absolute atomic E-state index is 0.0542. The lowest BCUT2D eigenvalue weighted by atomic mass is 10.1. The number of anilines is 1. The van der Waals surface area contributed by atoms with Crippen LogP contribution in [0.3, 0.4) is 0 Å². The van der Waals surface area contributed by atoms with Crippen molar-refractivity contribution in [1.82, 2.24) is 9.88 Å². The number of carbonyl (C=O) groups is 2. The highest BCUT2D eigenvalue weighted by Gasteiger charge is 2.23. The molecule has 1 fully saturated rings. The topological polar surface area (TPSA) is 56.4 Å². The second-order valence-corrected chi connectivity index (χ2v) is 6.47. The maximum Gasteiger partial charge on any atom is 0.255 e. The number of benzene rings is 1. The molecule has 5 nitrogen and oxygen atoms in total. The molecule has 2 heterocycles. The molecule has 23 heavy (non-hydrogen) atoms. The molecule has 3 rings (SSSR count). The van der Waals surface area contributed by atoms with Gasteiger partial charge in [-0.2, -0.15) is 0 Å². The zero-order valence-electron chi connectivity index (χ0n) is 12.9. The summed E-state index contributed by atoms with van der Waals surface area (Å²) in [4.78, 5) is 30.8. The molecule has 2 aromatic rings. The Morgan fingerprint density at radius 1 is 1.04 bits per heavy atom. The summed E-state index contributed by atoms with van der Waals surface area (Å²) in [6.45, 7) is 4.53. The minimum Gasteiger partial charge on any atom is -0.368 e. The standard InChI is InChI=1S/C17H18BrN3O2/c1-12(22)13-2-4-15(5-3-13)20-6-8-21(9-7-20)17(23)14-10-16(18)19-11-14/h2-5,10-11,19H,6-9H2,1H3. The summed E-state index contributed by atoms with van der Waals surface area (Å²) in [5, 5.41) is 0. The van der Waals surface area contributed by atoms with Gasteiger partial charge in [-0.3, -0.25) is 9.59 Å². The van der Waals surface area contributed by atoms with Crippen molar-refractivity contribution in [2.45, 2.75) is 6.92 Å². The van der Waals surface area contributed by atoms with Crippen molar-refractivity contribution in [3.63, 3.8) is 0 Å². The molecule has 0 atom stereocenters. The number of amides is 1. The monoisotopic (exact) mass is 375 g/mol. The van der Waals surface area contributed by atoms with Crippen LogP contribution >= 0.6 is 15.9 Å². The molecule has 0 aliphatic carbocycles. The number of piperazine rings is 1. The summed E-state index contributed by atoms with van der Waals surface area (Å²) in [6.07, 6.45) is 1.72. The van der Waals surface area contributed by atoms with Crippen LogP contribution in [0.5, 0.6) is 0 Å². The molecule has 1 aliphatic rings. The molecule has 0 spiro atoms. The number of carbonyl (C=O) groups excluding carboxylic acids is 2. The van der Waals surface area contributed by atoms with Crippen LogP contribution in [0.25, 0.3) is 0 Å². The number of rotatable bonds is 3. The largest absolute Gasteiger partial charge is 0.368 e. The Kier molecular flexibility index (Phi) is 4.52. The Morgan fingerprint density at radius 2 is 1.70 bits per heavy atom. The van der Waals surface area contributed by atoms with Crippen LogP contribution < -0.4 is 4.90 Å². The van der Waals surface area contributed by atoms with Gasteiger partial charge < -0.3 is 14.8 Å². The third-order valence-corrected chi connectivity index (χ3v) is 4.56. The number of ketones is 1. The predicted octanol–water partition coefficient (Wildman–Crippen LogP) is 2.94. The number of aromatic nitrogens is 1. The van der Waals surface area contributed by atoms with Crippen molar-refractivity contribution in [2.75, 3.05) is 31.1 Å². The van der Waals surface area contributed by atoms with Gasteiger partial charge in [0.05, 0.1) is 10.2 Å². The molecule has 0 saturated carbocycles. The van der Waals surface area contributed by atoms with Crippen molar-refractivity contribution >= 4 is 33.3 Å². The lowest BCUT2D eigenvalue weighted by Gasteiger charge is -2.36. The van der Waals surface area contributed by atoms with Gasteiger partial charge in [0.1, 0.15) is 0 Å². The summed E-state index contributed by atoms with van der Waals surface area (Å²) in [6, 6.07) is 9.45. The first-order valence-electron chi connectivity index (χ1n) is 7.54. The summed E-state index contributed by atoms with van der Waals surface area (Å²) >= 11 is 3.32. The first-order chi connectivity index (χ1) is 11.0. The Bertz CT molecular complexity index is 716. The van der Waals surface area contributed by atoms with Crippen molar-refractivity contribution in [2.24, 2.45) is 0 Å². The van der Waals surface area contributed by atoms with Gasteiger partial charge >= 0.3 is 0 Å². The number of H-pyrrole nitrogens is 1. The lowest BCUT2D eigenvalue weighted by molar-refractivity contribution is 0.0746. The molecule has 1 N–H and O–H groups in total. The maximum absolute atomic E-state index is 12.4. The normalized spacial score (nSPS) is 14.9. The fourth-order valence-corrected chi connectivity index (χ4v) is 3.11. The number of hydrogen-bond donors (Lipinski definition) is 1. The van der Waals surface area contributed by atoms with Gasteiger partial charge in [0.2, 0.25) is 0 Å². The summed E-state index contributed by atoms with van der Waals surface area (Å²) < 4.78 is 0.810. The van der Waals surface area contributed by atoms with E-state index in [0.717, 1.165) is 28.9 Å². The molecule has 1 aliphatic heterocycles. The number of nitrogens with one attached hydrogen (secondary N) is 1. The van der Waals surface area contributed by atoms with Gasteiger partial charge in [-0.1, -0.05) is 0 Å². The molecular weight excluding hydrogens is 358 g/mol. The number of aromatic amines is 1. The smallest absolute Gasteiger partial charge is 0.255 e. The minimum atomic E-state index is 0.0542. The zero-order chi connectivity index (χ0) is 16.4. The van der Waals surface area contributed by atoms with Crippen molar-refractivity contribution in [3.8, 4) is 0 Å². The van der Waals surface area contributed by atoms with Gasteiger partial charge in [0, 0.05) is 43.6 Å². The van der Waals surface area contributed by atoms with Gasteiger partial charge in [0.15, 0.2) is 5.78 Å². The first kappa shape index (κ1) is 15.8. The SMILES string of the molecule is CC(=O)c1ccc(N2CCN(C(=O)c3c[nH]c(Br)c3)CC2)cc1. The highest BCUT2D eigenvalue weighted by atomic mass is 79.9. The quantitative estimate of drug-likeness (QED) is 0.839. The van der Waals surface area contributed by atoms with Crippen LogP contribution in [-0.4, -0.2) is 47.8 Å². The van der Waals surface area contributed by atoms with Gasteiger partial charge in [-0.25, -0.2) is 0 Å². The molecule has 0 unspecified atom stereocenters. The van der Waals surface area contributed by atoms with Crippen LogP contribution in [0.15, 0.2) is 41.1 Å². The van der Waals surface area contributed by atoms with Crippen LogP contribution in [0.1, 0.15) is 27.6 Å². The fourth-order valence-electron chi connectivity index (χ4n) is 2.75. The molecule has 0 radical (unpaired) electrons. The van der Waals surface area contributed by atoms with E-state index in [4.69, 9.17) is 0 Å². The molecular formula is C17H18BrN3O2. The van der Waals surface area contributed by atoms with E-state index in [2.05, 4.69) is 25.8 Å². The third kappa shape index (κ3) is 3.47. The van der Waals surface area contributed by atoms with Gasteiger partial charge in [-0.15, -0.1) is 0 Å². The lowest BCUT2D eigenvalue weighted by Crippen LogP contribution is -2.48. The van der Waals surface area contributed by atoms with E-state index in [9.17, 15) is 9.59 Å². The Balaban J connectivity index is 1.61. The summed E-state index contributed by atoms with van der Waals surface area (Å²) in [5.74, 6) is 0.128. The number of hydrogen-bond acceptors (Lipinski definition) is 3. The van der Waals surface area contributed by atoms with E-state index in [1.807, 2.05) is 29.2 Å². The van der Waals surface area contributed by atoms with Crippen molar-refractivity contribution in [1.29, 1.82) is 0 Å². The van der Waals surface area contributed by atoms with Crippen LogP contribution in [0.4, 0.5) is 5.69 Å². The highest BCUT2D eigenvalue weighted by molar-refractivity contribution is 9.10. The second kappa shape index (κ2) is 6.58. The van der Waals surface area contributed by atoms with Crippen LogP contribution in [0.2, 0.25) is 0 Å². The molecule has 1 amide bonds. The van der Waals surface area contributed by atoms with E-state index in [0.29, 0.717) is 18.7 Å². The van der Waals surface area contributed by atoms with Gasteiger partial charge in [-0.05, 0) is 53.2 Å². The van der Waals surface area contributed by atoms with E-state index >= 15 is 0 Å². The average molecular weight is 376 g/mol. The average Bonchev–Trinajstić information content (AvgIpc) is 3.01. The highest BCUT2D eigenvalue weighted by Crippen LogP contribution is 2.19. The number of Topliss-reactive ketones (excluding diaryl/α,β-unsaturated/α-hetero) is 1. The predicted molar refractivity (Wildman–Crippen MR) is 93.1 cm³/mol.